The lowest BCUT2D eigenvalue weighted by molar-refractivity contribution is -0.136. The quantitative estimate of drug-likeness (QED) is 0.751. The molecule has 0 atom stereocenters. The van der Waals surface area contributed by atoms with Gasteiger partial charge in [-0.05, 0) is 24.1 Å². The van der Waals surface area contributed by atoms with Gasteiger partial charge in [-0.2, -0.15) is 5.26 Å². The monoisotopic (exact) mass is 203 g/mol. The van der Waals surface area contributed by atoms with Crippen molar-refractivity contribution in [2.45, 2.75) is 13.3 Å². The van der Waals surface area contributed by atoms with Crippen molar-refractivity contribution in [2.75, 3.05) is 0 Å². The zero-order chi connectivity index (χ0) is 11.4. The van der Waals surface area contributed by atoms with Gasteiger partial charge >= 0.3 is 5.97 Å². The molecule has 0 aliphatic heterocycles. The number of hydrogen-bond donors (Lipinski definition) is 1. The highest BCUT2D eigenvalue weighted by atomic mass is 16.4. The fourth-order valence-corrected chi connectivity index (χ4v) is 1.39. The molecule has 15 heavy (non-hydrogen) atoms. The average Bonchev–Trinajstić information content (AvgIpc) is 2.18. The minimum atomic E-state index is -0.998. The van der Waals surface area contributed by atoms with Crippen molar-refractivity contribution >= 4 is 12.3 Å². The molecule has 0 amide bonds. The molecule has 0 spiro atoms. The molecule has 1 aromatic carbocycles. The number of carbonyl (C=O) groups excluding carboxylic acids is 1. The largest absolute Gasteiger partial charge is 0.481 e. The van der Waals surface area contributed by atoms with E-state index in [9.17, 15) is 9.59 Å². The normalized spacial score (nSPS) is 9.33. The van der Waals surface area contributed by atoms with Gasteiger partial charge in [0.2, 0.25) is 0 Å². The zero-order valence-electron chi connectivity index (χ0n) is 8.15. The summed E-state index contributed by atoms with van der Waals surface area (Å²) in [5.74, 6) is -0.998. The van der Waals surface area contributed by atoms with Crippen molar-refractivity contribution in [3.63, 3.8) is 0 Å². The summed E-state index contributed by atoms with van der Waals surface area (Å²) in [6, 6.07) is 4.98. The average molecular weight is 203 g/mol. The Morgan fingerprint density at radius 1 is 1.60 bits per heavy atom. The highest BCUT2D eigenvalue weighted by Crippen LogP contribution is 2.17. The van der Waals surface area contributed by atoms with Crippen LogP contribution in [0.2, 0.25) is 0 Å². The van der Waals surface area contributed by atoms with Crippen LogP contribution in [0.3, 0.4) is 0 Å². The number of rotatable bonds is 3. The Morgan fingerprint density at radius 2 is 2.27 bits per heavy atom. The molecule has 76 valence electrons. The van der Waals surface area contributed by atoms with E-state index >= 15 is 0 Å². The molecule has 4 nitrogen and oxygen atoms in total. The summed E-state index contributed by atoms with van der Waals surface area (Å²) in [5, 5.41) is 17.4. The molecule has 0 aliphatic carbocycles. The number of benzene rings is 1. The molecule has 0 aromatic heterocycles. The summed E-state index contributed by atoms with van der Waals surface area (Å²) in [5.41, 5.74) is 1.67. The SMILES string of the molecule is Cc1c(C#N)ccc(CC(=O)O)c1C=O. The van der Waals surface area contributed by atoms with Crippen LogP contribution in [0.25, 0.3) is 0 Å². The fraction of sp³-hybridized carbons (Fsp3) is 0.182. The van der Waals surface area contributed by atoms with Crippen molar-refractivity contribution in [1.29, 1.82) is 5.26 Å². The van der Waals surface area contributed by atoms with Gasteiger partial charge in [0.25, 0.3) is 0 Å². The second-order valence-corrected chi connectivity index (χ2v) is 3.11. The van der Waals surface area contributed by atoms with E-state index in [1.54, 1.807) is 6.92 Å². The lowest BCUT2D eigenvalue weighted by Gasteiger charge is -2.06. The van der Waals surface area contributed by atoms with E-state index in [1.807, 2.05) is 6.07 Å². The molecule has 0 unspecified atom stereocenters. The van der Waals surface area contributed by atoms with Gasteiger partial charge in [0.1, 0.15) is 0 Å². The van der Waals surface area contributed by atoms with Crippen LogP contribution in [0.15, 0.2) is 12.1 Å². The predicted octanol–water partition coefficient (Wildman–Crippen LogP) is 1.31. The molecule has 0 saturated carbocycles. The van der Waals surface area contributed by atoms with Crippen molar-refractivity contribution in [1.82, 2.24) is 0 Å². The minimum absolute atomic E-state index is 0.208. The lowest BCUT2D eigenvalue weighted by Crippen LogP contribution is -2.05. The molecule has 0 heterocycles. The smallest absolute Gasteiger partial charge is 0.307 e. The minimum Gasteiger partial charge on any atom is -0.481 e. The van der Waals surface area contributed by atoms with Crippen molar-refractivity contribution in [3.8, 4) is 6.07 Å². The first-order valence-corrected chi connectivity index (χ1v) is 4.29. The Balaban J connectivity index is 3.32. The van der Waals surface area contributed by atoms with Gasteiger partial charge in [0.15, 0.2) is 6.29 Å². The van der Waals surface area contributed by atoms with Gasteiger partial charge < -0.3 is 5.11 Å². The number of nitrogens with zero attached hydrogens (tertiary/aromatic N) is 1. The summed E-state index contributed by atoms with van der Waals surface area (Å²) in [6.45, 7) is 1.63. The van der Waals surface area contributed by atoms with Crippen LogP contribution in [0.5, 0.6) is 0 Å². The number of aldehydes is 1. The van der Waals surface area contributed by atoms with Crippen LogP contribution in [0.4, 0.5) is 0 Å². The standard InChI is InChI=1S/C11H9NO3/c1-7-9(5-12)3-2-8(4-11(14)15)10(7)6-13/h2-3,6H,4H2,1H3,(H,14,15). The third-order valence-corrected chi connectivity index (χ3v) is 2.19. The molecule has 0 aliphatic rings. The maximum atomic E-state index is 10.8. The Morgan fingerprint density at radius 3 is 2.73 bits per heavy atom. The van der Waals surface area contributed by atoms with Crippen molar-refractivity contribution < 1.29 is 14.7 Å². The van der Waals surface area contributed by atoms with Gasteiger partial charge in [-0.25, -0.2) is 0 Å². The maximum Gasteiger partial charge on any atom is 0.307 e. The molecular weight excluding hydrogens is 194 g/mol. The van der Waals surface area contributed by atoms with E-state index in [4.69, 9.17) is 10.4 Å². The number of carboxylic acid groups (broad SMARTS) is 1. The molecule has 1 rings (SSSR count). The third-order valence-electron chi connectivity index (χ3n) is 2.19. The van der Waals surface area contributed by atoms with Crippen LogP contribution >= 0.6 is 0 Å². The van der Waals surface area contributed by atoms with E-state index in [1.165, 1.54) is 12.1 Å². The van der Waals surface area contributed by atoms with E-state index in [0.717, 1.165) is 0 Å². The van der Waals surface area contributed by atoms with Gasteiger partial charge in [0, 0.05) is 5.56 Å². The van der Waals surface area contributed by atoms with E-state index in [2.05, 4.69) is 0 Å². The second kappa shape index (κ2) is 4.38. The topological polar surface area (TPSA) is 78.2 Å². The maximum absolute atomic E-state index is 10.8. The Labute approximate surface area is 86.8 Å². The number of carboxylic acids is 1. The lowest BCUT2D eigenvalue weighted by atomic mass is 9.96. The summed E-state index contributed by atoms with van der Waals surface area (Å²) in [7, 11) is 0. The Kier molecular flexibility index (Phi) is 3.19. The Hall–Kier alpha value is -2.15. The van der Waals surface area contributed by atoms with Crippen LogP contribution in [0, 0.1) is 18.3 Å². The van der Waals surface area contributed by atoms with Gasteiger partial charge in [0.05, 0.1) is 18.1 Å². The highest BCUT2D eigenvalue weighted by Gasteiger charge is 2.11. The second-order valence-electron chi connectivity index (χ2n) is 3.11. The van der Waals surface area contributed by atoms with Gasteiger partial charge in [-0.15, -0.1) is 0 Å². The first-order valence-electron chi connectivity index (χ1n) is 4.29. The van der Waals surface area contributed by atoms with E-state index in [-0.39, 0.29) is 6.42 Å². The first kappa shape index (κ1) is 10.9. The zero-order valence-corrected chi connectivity index (χ0v) is 8.15. The summed E-state index contributed by atoms with van der Waals surface area (Å²) in [6.07, 6.45) is 0.384. The fourth-order valence-electron chi connectivity index (χ4n) is 1.39. The van der Waals surface area contributed by atoms with E-state index < -0.39 is 5.97 Å². The molecule has 0 bridgehead atoms. The first-order chi connectivity index (χ1) is 7.10. The van der Waals surface area contributed by atoms with Crippen LogP contribution in [0.1, 0.15) is 27.0 Å². The summed E-state index contributed by atoms with van der Waals surface area (Å²) in [4.78, 5) is 21.3. The number of hydrogen-bond acceptors (Lipinski definition) is 3. The van der Waals surface area contributed by atoms with Crippen molar-refractivity contribution in [2.24, 2.45) is 0 Å². The molecule has 1 N–H and O–H groups in total. The highest BCUT2D eigenvalue weighted by molar-refractivity contribution is 5.84. The molecule has 0 radical (unpaired) electrons. The Bertz CT molecular complexity index is 458. The molecule has 1 aromatic rings. The number of nitriles is 1. The molecular formula is C11H9NO3. The summed E-state index contributed by atoms with van der Waals surface area (Å²) >= 11 is 0. The van der Waals surface area contributed by atoms with Crippen LogP contribution in [-0.4, -0.2) is 17.4 Å². The molecule has 0 saturated heterocycles. The van der Waals surface area contributed by atoms with E-state index in [0.29, 0.717) is 28.5 Å². The van der Waals surface area contributed by atoms with Crippen molar-refractivity contribution in [3.05, 3.63) is 34.4 Å². The number of aliphatic carboxylic acids is 1. The summed E-state index contributed by atoms with van der Waals surface area (Å²) < 4.78 is 0. The third kappa shape index (κ3) is 2.20. The van der Waals surface area contributed by atoms with Crippen LogP contribution < -0.4 is 0 Å². The molecule has 0 fully saturated rings. The predicted molar refractivity (Wildman–Crippen MR) is 52.6 cm³/mol. The van der Waals surface area contributed by atoms with Gasteiger partial charge in [-0.3, -0.25) is 9.59 Å². The van der Waals surface area contributed by atoms with Crippen LogP contribution in [-0.2, 0) is 11.2 Å². The van der Waals surface area contributed by atoms with Gasteiger partial charge in [-0.1, -0.05) is 6.07 Å². The molecule has 4 heteroatoms. The number of carbonyl (C=O) groups is 2.